The number of rotatable bonds is 6. The normalized spacial score (nSPS) is 20.6. The number of nitrogens with zero attached hydrogens (tertiary/aromatic N) is 3. The smallest absolute Gasteiger partial charge is 0.248 e. The molecule has 1 unspecified atom stereocenters. The Bertz CT molecular complexity index is 1000. The molecule has 3 heterocycles. The molecule has 0 aliphatic carbocycles. The number of sulfonamides is 1. The van der Waals surface area contributed by atoms with Crippen molar-refractivity contribution in [2.24, 2.45) is 5.92 Å². The number of piperidine rings is 1. The molecule has 0 spiro atoms. The van der Waals surface area contributed by atoms with Crippen LogP contribution in [-0.4, -0.2) is 60.1 Å². The number of carbonyl (C=O) groups excluding carboxylic acids is 2. The zero-order chi connectivity index (χ0) is 21.8. The topological polar surface area (TPSA) is 99.7 Å². The second-order valence-electron chi connectivity index (χ2n) is 7.93. The van der Waals surface area contributed by atoms with Crippen LogP contribution in [0.5, 0.6) is 0 Å². The molecule has 8 nitrogen and oxygen atoms in total. The fraction of sp³-hybridized carbons (Fsp3) is 0.476. The number of amides is 2. The summed E-state index contributed by atoms with van der Waals surface area (Å²) in [7, 11) is -3.42. The van der Waals surface area contributed by atoms with E-state index in [1.165, 1.54) is 15.6 Å². The maximum Gasteiger partial charge on any atom is 0.248 e. The Balaban J connectivity index is 1.33. The van der Waals surface area contributed by atoms with Crippen LogP contribution in [-0.2, 0) is 25.4 Å². The van der Waals surface area contributed by atoms with Gasteiger partial charge in [0.15, 0.2) is 5.13 Å². The predicted molar refractivity (Wildman–Crippen MR) is 119 cm³/mol. The van der Waals surface area contributed by atoms with Crippen molar-refractivity contribution in [3.05, 3.63) is 47.5 Å². The minimum atomic E-state index is -3.42. The summed E-state index contributed by atoms with van der Waals surface area (Å²) in [4.78, 5) is 31.5. The van der Waals surface area contributed by atoms with E-state index < -0.39 is 16.1 Å². The molecule has 2 aliphatic heterocycles. The van der Waals surface area contributed by atoms with E-state index in [0.717, 1.165) is 12.0 Å². The van der Waals surface area contributed by atoms with Gasteiger partial charge in [-0.2, -0.15) is 0 Å². The number of likely N-dealkylation sites (tertiary alicyclic amines) is 1. The van der Waals surface area contributed by atoms with Gasteiger partial charge >= 0.3 is 0 Å². The monoisotopic (exact) mass is 462 g/mol. The zero-order valence-corrected chi connectivity index (χ0v) is 18.8. The first-order valence-electron chi connectivity index (χ1n) is 10.5. The molecule has 0 saturated carbocycles. The first-order chi connectivity index (χ1) is 14.9. The number of hydrogen-bond donors (Lipinski definition) is 1. The molecule has 1 aromatic heterocycles. The number of nitrogens with one attached hydrogen (secondary N) is 1. The summed E-state index contributed by atoms with van der Waals surface area (Å²) in [6.07, 6.45) is 3.99. The third-order valence-electron chi connectivity index (χ3n) is 5.89. The Morgan fingerprint density at radius 2 is 1.84 bits per heavy atom. The predicted octanol–water partition coefficient (Wildman–Crippen LogP) is 2.31. The van der Waals surface area contributed by atoms with E-state index in [2.05, 4.69) is 10.3 Å². The zero-order valence-electron chi connectivity index (χ0n) is 17.1. The Kier molecular flexibility index (Phi) is 6.68. The number of benzene rings is 1. The van der Waals surface area contributed by atoms with Crippen LogP contribution in [0.4, 0.5) is 5.13 Å². The van der Waals surface area contributed by atoms with Crippen molar-refractivity contribution in [3.63, 3.8) is 0 Å². The first kappa shape index (κ1) is 21.9. The molecule has 2 fully saturated rings. The quantitative estimate of drug-likeness (QED) is 0.710. The van der Waals surface area contributed by atoms with Crippen LogP contribution in [0.15, 0.2) is 41.9 Å². The van der Waals surface area contributed by atoms with Crippen LogP contribution >= 0.6 is 11.3 Å². The second kappa shape index (κ2) is 9.46. The highest BCUT2D eigenvalue weighted by Crippen LogP contribution is 2.28. The molecule has 1 atom stereocenters. The lowest BCUT2D eigenvalue weighted by atomic mass is 9.96. The van der Waals surface area contributed by atoms with Gasteiger partial charge in [0.25, 0.3) is 0 Å². The summed E-state index contributed by atoms with van der Waals surface area (Å²) in [5.74, 6) is -0.533. The SMILES string of the molecule is O=C(Nc1nccs1)C1CCCN1C(=O)C1CCN(S(=O)(=O)Cc2ccccc2)CC1. The number of thiazole rings is 1. The van der Waals surface area contributed by atoms with E-state index >= 15 is 0 Å². The van der Waals surface area contributed by atoms with Gasteiger partial charge in [-0.15, -0.1) is 11.3 Å². The standard InChI is InChI=1S/C21H26N4O4S2/c26-19(23-21-22-10-14-30-21)18-7-4-11-25(18)20(27)17-8-12-24(13-9-17)31(28,29)15-16-5-2-1-3-6-16/h1-3,5-6,10,14,17-18H,4,7-9,11-13,15H2,(H,22,23,26). The molecule has 10 heteroatoms. The number of carbonyl (C=O) groups is 2. The van der Waals surface area contributed by atoms with Crippen LogP contribution in [0.1, 0.15) is 31.2 Å². The molecule has 1 aromatic carbocycles. The van der Waals surface area contributed by atoms with Crippen LogP contribution in [0, 0.1) is 5.92 Å². The highest BCUT2D eigenvalue weighted by Gasteiger charge is 2.39. The average Bonchev–Trinajstić information content (AvgIpc) is 3.46. The molecular weight excluding hydrogens is 436 g/mol. The molecule has 0 radical (unpaired) electrons. The minimum absolute atomic E-state index is 0.0302. The lowest BCUT2D eigenvalue weighted by molar-refractivity contribution is -0.141. The van der Waals surface area contributed by atoms with Gasteiger partial charge in [0.1, 0.15) is 6.04 Å². The fourth-order valence-corrected chi connectivity index (χ4v) is 6.36. The van der Waals surface area contributed by atoms with E-state index in [1.807, 2.05) is 18.2 Å². The Morgan fingerprint density at radius 1 is 1.10 bits per heavy atom. The van der Waals surface area contributed by atoms with Crippen molar-refractivity contribution in [1.29, 1.82) is 0 Å². The molecule has 4 rings (SSSR count). The molecule has 2 saturated heterocycles. The summed E-state index contributed by atoms with van der Waals surface area (Å²) in [5, 5.41) is 5.10. The van der Waals surface area contributed by atoms with Gasteiger partial charge in [0.05, 0.1) is 5.75 Å². The van der Waals surface area contributed by atoms with Gasteiger partial charge in [-0.1, -0.05) is 30.3 Å². The highest BCUT2D eigenvalue weighted by molar-refractivity contribution is 7.88. The lowest BCUT2D eigenvalue weighted by Gasteiger charge is -2.34. The average molecular weight is 463 g/mol. The molecule has 2 aliphatic rings. The van der Waals surface area contributed by atoms with Crippen molar-refractivity contribution in [1.82, 2.24) is 14.2 Å². The maximum absolute atomic E-state index is 13.1. The summed E-state index contributed by atoms with van der Waals surface area (Å²) in [5.41, 5.74) is 0.756. The minimum Gasteiger partial charge on any atom is -0.330 e. The number of hydrogen-bond acceptors (Lipinski definition) is 6. The molecule has 1 N–H and O–H groups in total. The van der Waals surface area contributed by atoms with Crippen molar-refractivity contribution < 1.29 is 18.0 Å². The molecule has 166 valence electrons. The Labute approximate surface area is 186 Å². The number of aromatic nitrogens is 1. The molecule has 0 bridgehead atoms. The fourth-order valence-electron chi connectivity index (χ4n) is 4.27. The van der Waals surface area contributed by atoms with Gasteiger partial charge in [0, 0.05) is 37.1 Å². The van der Waals surface area contributed by atoms with Gasteiger partial charge in [0.2, 0.25) is 21.8 Å². The number of anilines is 1. The summed E-state index contributed by atoms with van der Waals surface area (Å²) in [6.45, 7) is 1.21. The van der Waals surface area contributed by atoms with E-state index in [0.29, 0.717) is 44.0 Å². The van der Waals surface area contributed by atoms with E-state index in [9.17, 15) is 18.0 Å². The third kappa shape index (κ3) is 5.13. The second-order valence-corrected chi connectivity index (χ2v) is 10.8. The summed E-state index contributed by atoms with van der Waals surface area (Å²) < 4.78 is 27.0. The van der Waals surface area contributed by atoms with Crippen molar-refractivity contribution >= 4 is 38.3 Å². The van der Waals surface area contributed by atoms with Crippen LogP contribution in [0.2, 0.25) is 0 Å². The third-order valence-corrected chi connectivity index (χ3v) is 8.43. The van der Waals surface area contributed by atoms with Crippen LogP contribution in [0.3, 0.4) is 0 Å². The Morgan fingerprint density at radius 3 is 2.52 bits per heavy atom. The summed E-state index contributed by atoms with van der Waals surface area (Å²) >= 11 is 1.34. The Hall–Kier alpha value is -2.30. The highest BCUT2D eigenvalue weighted by atomic mass is 32.2. The lowest BCUT2D eigenvalue weighted by Crippen LogP contribution is -2.48. The van der Waals surface area contributed by atoms with Crippen molar-refractivity contribution in [2.75, 3.05) is 25.0 Å². The van der Waals surface area contributed by atoms with Crippen molar-refractivity contribution in [2.45, 2.75) is 37.5 Å². The molecule has 31 heavy (non-hydrogen) atoms. The van der Waals surface area contributed by atoms with Gasteiger partial charge in [-0.3, -0.25) is 9.59 Å². The molecule has 2 amide bonds. The van der Waals surface area contributed by atoms with E-state index in [4.69, 9.17) is 0 Å². The molecular formula is C21H26N4O4S2. The van der Waals surface area contributed by atoms with Gasteiger partial charge < -0.3 is 10.2 Å². The van der Waals surface area contributed by atoms with Crippen molar-refractivity contribution in [3.8, 4) is 0 Å². The first-order valence-corrected chi connectivity index (χ1v) is 13.0. The van der Waals surface area contributed by atoms with Crippen LogP contribution < -0.4 is 5.32 Å². The van der Waals surface area contributed by atoms with Crippen LogP contribution in [0.25, 0.3) is 0 Å². The maximum atomic E-state index is 13.1. The molecule has 2 aromatic rings. The largest absolute Gasteiger partial charge is 0.330 e. The van der Waals surface area contributed by atoms with Gasteiger partial charge in [-0.25, -0.2) is 17.7 Å². The van der Waals surface area contributed by atoms with E-state index in [1.54, 1.807) is 28.6 Å². The summed E-state index contributed by atoms with van der Waals surface area (Å²) in [6, 6.07) is 8.63. The van der Waals surface area contributed by atoms with Gasteiger partial charge in [-0.05, 0) is 31.2 Å². The van der Waals surface area contributed by atoms with E-state index in [-0.39, 0.29) is 23.5 Å².